The molecule has 2 amide bonds. The third-order valence-electron chi connectivity index (χ3n) is 6.14. The van der Waals surface area contributed by atoms with E-state index in [0.29, 0.717) is 42.4 Å². The van der Waals surface area contributed by atoms with Crippen molar-refractivity contribution in [3.05, 3.63) is 48.0 Å². The quantitative estimate of drug-likeness (QED) is 0.500. The highest BCUT2D eigenvalue weighted by Crippen LogP contribution is 2.35. The summed E-state index contributed by atoms with van der Waals surface area (Å²) in [6.45, 7) is 1.50. The highest BCUT2D eigenvalue weighted by Gasteiger charge is 2.48. The Hall–Kier alpha value is -3.83. The fourth-order valence-electron chi connectivity index (χ4n) is 4.12. The first-order chi connectivity index (χ1) is 16.3. The number of anilines is 1. The number of aliphatic hydroxyl groups is 1. The number of nitrogens with zero attached hydrogens (tertiary/aromatic N) is 4. The molecule has 0 radical (unpaired) electrons. The molecule has 176 valence electrons. The molecule has 2 aliphatic heterocycles. The highest BCUT2D eigenvalue weighted by molar-refractivity contribution is 5.97. The van der Waals surface area contributed by atoms with Crippen LogP contribution in [0, 0.1) is 0 Å². The maximum atomic E-state index is 12.7. The first kappa shape index (κ1) is 22.0. The molecule has 2 fully saturated rings. The Bertz CT molecular complexity index is 1250. The maximum Gasteiger partial charge on any atom is 0.272 e. The number of hydrogen-bond donors (Lipinski definition) is 3. The maximum absolute atomic E-state index is 12.7. The van der Waals surface area contributed by atoms with Gasteiger partial charge in [-0.25, -0.2) is 9.97 Å². The highest BCUT2D eigenvalue weighted by atomic mass is 16.5. The van der Waals surface area contributed by atoms with Crippen LogP contribution in [0.5, 0.6) is 0 Å². The molecule has 2 aromatic heterocycles. The molecule has 34 heavy (non-hydrogen) atoms. The van der Waals surface area contributed by atoms with Crippen LogP contribution in [-0.2, 0) is 15.1 Å². The van der Waals surface area contributed by atoms with Gasteiger partial charge in [0.1, 0.15) is 5.69 Å². The van der Waals surface area contributed by atoms with Gasteiger partial charge in [-0.05, 0) is 12.5 Å². The molecule has 4 N–H and O–H groups in total. The van der Waals surface area contributed by atoms with Crippen molar-refractivity contribution < 1.29 is 24.0 Å². The number of nitrogens with two attached hydrogens (primary N) is 1. The van der Waals surface area contributed by atoms with E-state index in [4.69, 9.17) is 15.0 Å². The summed E-state index contributed by atoms with van der Waals surface area (Å²) < 4.78 is 10.6. The fourth-order valence-corrected chi connectivity index (χ4v) is 4.12. The molecule has 1 aromatic carbocycles. The van der Waals surface area contributed by atoms with E-state index < -0.39 is 11.5 Å². The van der Waals surface area contributed by atoms with Crippen LogP contribution in [0.1, 0.15) is 29.1 Å². The number of nitrogen functional groups attached to an aromatic ring is 1. The molecule has 0 spiro atoms. The normalized spacial score (nSPS) is 22.4. The van der Waals surface area contributed by atoms with Crippen LogP contribution in [0.3, 0.4) is 0 Å². The lowest BCUT2D eigenvalue weighted by molar-refractivity contribution is -0.144. The Labute approximate surface area is 194 Å². The summed E-state index contributed by atoms with van der Waals surface area (Å²) in [5.41, 5.74) is 6.27. The van der Waals surface area contributed by atoms with Gasteiger partial charge < -0.3 is 30.3 Å². The number of benzene rings is 1. The van der Waals surface area contributed by atoms with Gasteiger partial charge in [0.25, 0.3) is 11.8 Å². The van der Waals surface area contributed by atoms with Crippen molar-refractivity contribution in [2.45, 2.75) is 24.5 Å². The van der Waals surface area contributed by atoms with Crippen molar-refractivity contribution in [1.29, 1.82) is 0 Å². The van der Waals surface area contributed by atoms with E-state index in [1.807, 2.05) is 6.07 Å². The predicted molar refractivity (Wildman–Crippen MR) is 120 cm³/mol. The predicted octanol–water partition coefficient (Wildman–Crippen LogP) is 0.949. The number of likely N-dealkylation sites (N-methyl/N-ethyl adjacent to an activating group) is 1. The molecule has 0 aliphatic carbocycles. The van der Waals surface area contributed by atoms with Crippen LogP contribution < -0.4 is 11.1 Å². The van der Waals surface area contributed by atoms with Crippen molar-refractivity contribution in [2.24, 2.45) is 0 Å². The van der Waals surface area contributed by atoms with Gasteiger partial charge in [-0.15, -0.1) is 0 Å². The van der Waals surface area contributed by atoms with Gasteiger partial charge in [-0.2, -0.15) is 0 Å². The standard InChI is InChI=1S/C23H24N6O5/c1-29-7-6-23(32,22(29)31)18-10-17(28-34-18)13-3-2-4-14(9-13)20-25-11-16(24)19(27-20)21(30)26-15-5-8-33-12-15/h2-4,9-11,15,32H,5-8,12,24H2,1H3,(H,26,30)/t15-,23-/m1/s1. The Morgan fingerprint density at radius 3 is 2.88 bits per heavy atom. The van der Waals surface area contributed by atoms with Crippen molar-refractivity contribution >= 4 is 17.5 Å². The zero-order valence-electron chi connectivity index (χ0n) is 18.5. The molecular weight excluding hydrogens is 440 g/mol. The zero-order valence-corrected chi connectivity index (χ0v) is 18.5. The number of likely N-dealkylation sites (tertiary alicyclic amines) is 1. The van der Waals surface area contributed by atoms with Gasteiger partial charge in [0, 0.05) is 43.8 Å². The summed E-state index contributed by atoms with van der Waals surface area (Å²) in [6, 6.07) is 8.66. The summed E-state index contributed by atoms with van der Waals surface area (Å²) >= 11 is 0. The van der Waals surface area contributed by atoms with E-state index in [-0.39, 0.29) is 35.5 Å². The number of ether oxygens (including phenoxy) is 1. The molecule has 0 saturated carbocycles. The summed E-state index contributed by atoms with van der Waals surface area (Å²) in [5, 5.41) is 17.7. The second-order valence-corrected chi connectivity index (χ2v) is 8.53. The average molecular weight is 464 g/mol. The second-order valence-electron chi connectivity index (χ2n) is 8.53. The van der Waals surface area contributed by atoms with E-state index in [1.165, 1.54) is 11.1 Å². The van der Waals surface area contributed by atoms with Crippen LogP contribution in [0.15, 0.2) is 41.1 Å². The van der Waals surface area contributed by atoms with Gasteiger partial charge >= 0.3 is 0 Å². The van der Waals surface area contributed by atoms with Gasteiger partial charge in [-0.1, -0.05) is 23.4 Å². The van der Waals surface area contributed by atoms with Gasteiger partial charge in [-0.3, -0.25) is 9.59 Å². The van der Waals surface area contributed by atoms with Crippen molar-refractivity contribution in [1.82, 2.24) is 25.3 Å². The first-order valence-corrected chi connectivity index (χ1v) is 10.9. The number of carbonyl (C=O) groups is 2. The number of nitrogens with one attached hydrogen (secondary N) is 1. The average Bonchev–Trinajstić information content (AvgIpc) is 3.59. The number of carbonyl (C=O) groups excluding carboxylic acids is 2. The lowest BCUT2D eigenvalue weighted by Gasteiger charge is -2.16. The minimum absolute atomic E-state index is 0.0728. The molecular formula is C23H24N6O5. The molecule has 11 heteroatoms. The SMILES string of the molecule is CN1CC[C@@](O)(c2cc(-c3cccc(-c4ncc(N)c(C(=O)N[C@@H]5CCOC5)n4)c3)no2)C1=O. The third-order valence-corrected chi connectivity index (χ3v) is 6.14. The third kappa shape index (κ3) is 3.88. The zero-order chi connectivity index (χ0) is 23.9. The van der Waals surface area contributed by atoms with E-state index in [0.717, 1.165) is 6.42 Å². The first-order valence-electron chi connectivity index (χ1n) is 10.9. The Kier molecular flexibility index (Phi) is 5.50. The van der Waals surface area contributed by atoms with Gasteiger partial charge in [0.2, 0.25) is 5.60 Å². The molecule has 2 aliphatic rings. The van der Waals surface area contributed by atoms with E-state index in [1.54, 1.807) is 31.3 Å². The van der Waals surface area contributed by atoms with E-state index in [9.17, 15) is 14.7 Å². The fraction of sp³-hybridized carbons (Fsp3) is 0.348. The lowest BCUT2D eigenvalue weighted by Crippen LogP contribution is -2.36. The second kappa shape index (κ2) is 8.50. The summed E-state index contributed by atoms with van der Waals surface area (Å²) in [6.07, 6.45) is 2.37. The molecule has 2 saturated heterocycles. The number of amides is 2. The van der Waals surface area contributed by atoms with Crippen LogP contribution >= 0.6 is 0 Å². The lowest BCUT2D eigenvalue weighted by atomic mass is 9.98. The van der Waals surface area contributed by atoms with Crippen LogP contribution in [0.25, 0.3) is 22.6 Å². The molecule has 4 heterocycles. The number of rotatable bonds is 5. The molecule has 11 nitrogen and oxygen atoms in total. The summed E-state index contributed by atoms with van der Waals surface area (Å²) in [7, 11) is 1.63. The molecule has 0 bridgehead atoms. The van der Waals surface area contributed by atoms with Crippen molar-refractivity contribution in [3.8, 4) is 22.6 Å². The Morgan fingerprint density at radius 2 is 2.15 bits per heavy atom. The smallest absolute Gasteiger partial charge is 0.272 e. The molecule has 3 aromatic rings. The van der Waals surface area contributed by atoms with Crippen LogP contribution in [0.4, 0.5) is 5.69 Å². The summed E-state index contributed by atoms with van der Waals surface area (Å²) in [4.78, 5) is 35.2. The van der Waals surface area contributed by atoms with Crippen LogP contribution in [0.2, 0.25) is 0 Å². The number of hydrogen-bond acceptors (Lipinski definition) is 9. The minimum Gasteiger partial charge on any atom is -0.396 e. The minimum atomic E-state index is -1.72. The van der Waals surface area contributed by atoms with E-state index >= 15 is 0 Å². The molecule has 2 atom stereocenters. The Balaban J connectivity index is 1.41. The van der Waals surface area contributed by atoms with E-state index in [2.05, 4.69) is 20.4 Å². The van der Waals surface area contributed by atoms with Gasteiger partial charge in [0.05, 0.1) is 24.5 Å². The molecule has 5 rings (SSSR count). The summed E-state index contributed by atoms with van der Waals surface area (Å²) in [5.74, 6) is -0.387. The molecule has 0 unspecified atom stereocenters. The monoisotopic (exact) mass is 464 g/mol. The van der Waals surface area contributed by atoms with Crippen molar-refractivity contribution in [3.63, 3.8) is 0 Å². The van der Waals surface area contributed by atoms with Crippen LogP contribution in [-0.4, -0.2) is 69.8 Å². The number of aromatic nitrogens is 3. The van der Waals surface area contributed by atoms with Crippen molar-refractivity contribution in [2.75, 3.05) is 32.5 Å². The largest absolute Gasteiger partial charge is 0.396 e. The van der Waals surface area contributed by atoms with Gasteiger partial charge in [0.15, 0.2) is 17.3 Å². The topological polar surface area (TPSA) is 157 Å². The Morgan fingerprint density at radius 1 is 1.32 bits per heavy atom.